The van der Waals surface area contributed by atoms with E-state index in [-0.39, 0.29) is 12.6 Å². The number of nitrogens with two attached hydrogens (primary N) is 1. The molecule has 0 unspecified atom stereocenters. The molecule has 0 bridgehead atoms. The number of nitrogen functional groups attached to an aromatic ring is 1. The molecule has 8 heteroatoms. The number of fused-ring (bicyclic) bond motifs is 1. The van der Waals surface area contributed by atoms with Gasteiger partial charge in [-0.2, -0.15) is 9.67 Å². The van der Waals surface area contributed by atoms with Crippen molar-refractivity contribution in [2.75, 3.05) is 11.1 Å². The highest BCUT2D eigenvalue weighted by Crippen LogP contribution is 2.26. The average Bonchev–Trinajstić information content (AvgIpc) is 3.18. The maximum Gasteiger partial charge on any atom is 0.248 e. The van der Waals surface area contributed by atoms with Gasteiger partial charge in [0.15, 0.2) is 0 Å². The number of aromatic nitrogens is 4. The van der Waals surface area contributed by atoms with Crippen LogP contribution in [0.2, 0.25) is 0 Å². The van der Waals surface area contributed by atoms with E-state index in [0.29, 0.717) is 11.1 Å². The fourth-order valence-electron chi connectivity index (χ4n) is 2.29. The van der Waals surface area contributed by atoms with Crippen molar-refractivity contribution in [2.24, 2.45) is 0 Å². The van der Waals surface area contributed by atoms with Crippen molar-refractivity contribution in [3.05, 3.63) is 54.1 Å². The van der Waals surface area contributed by atoms with E-state index in [4.69, 9.17) is 10.8 Å². The smallest absolute Gasteiger partial charge is 0.248 e. The summed E-state index contributed by atoms with van der Waals surface area (Å²) >= 11 is 1.50. The molecule has 2 aromatic carbocycles. The second-order valence-corrected chi connectivity index (χ2v) is 6.16. The molecule has 0 spiro atoms. The number of aliphatic hydroxyl groups excluding tert-OH is 1. The number of rotatable bonds is 4. The van der Waals surface area contributed by atoms with Gasteiger partial charge in [0.2, 0.25) is 17.0 Å². The zero-order chi connectivity index (χ0) is 16.5. The minimum absolute atomic E-state index is 0.0116. The molecule has 0 amide bonds. The van der Waals surface area contributed by atoms with Crippen LogP contribution in [-0.2, 0) is 6.61 Å². The normalized spacial score (nSPS) is 11.0. The second kappa shape index (κ2) is 5.91. The molecular weight excluding hydrogens is 324 g/mol. The monoisotopic (exact) mass is 338 g/mol. The Morgan fingerprint density at radius 3 is 2.62 bits per heavy atom. The van der Waals surface area contributed by atoms with Gasteiger partial charge in [-0.3, -0.25) is 0 Å². The lowest BCUT2D eigenvalue weighted by molar-refractivity contribution is 0.282. The van der Waals surface area contributed by atoms with Crippen LogP contribution in [0.4, 0.5) is 17.6 Å². The molecule has 4 aromatic rings. The van der Waals surface area contributed by atoms with Crippen LogP contribution in [0, 0.1) is 0 Å². The summed E-state index contributed by atoms with van der Waals surface area (Å²) < 4.78 is 2.59. The van der Waals surface area contributed by atoms with Crippen molar-refractivity contribution in [3.63, 3.8) is 0 Å². The Hall–Kier alpha value is -2.97. The molecule has 120 valence electrons. The van der Waals surface area contributed by atoms with E-state index in [1.807, 2.05) is 48.5 Å². The van der Waals surface area contributed by atoms with Crippen LogP contribution in [0.1, 0.15) is 5.56 Å². The van der Waals surface area contributed by atoms with Crippen LogP contribution in [0.15, 0.2) is 48.5 Å². The maximum atomic E-state index is 9.07. The lowest BCUT2D eigenvalue weighted by Gasteiger charge is -2.02. The fourth-order valence-corrected chi connectivity index (χ4v) is 3.22. The quantitative estimate of drug-likeness (QED) is 0.529. The third-order valence-electron chi connectivity index (χ3n) is 3.49. The third kappa shape index (κ3) is 2.68. The van der Waals surface area contributed by atoms with Crippen molar-refractivity contribution in [2.45, 2.75) is 6.61 Å². The number of aliphatic hydroxyl groups is 1. The molecule has 2 aromatic heterocycles. The van der Waals surface area contributed by atoms with E-state index in [0.717, 1.165) is 21.5 Å². The summed E-state index contributed by atoms with van der Waals surface area (Å²) in [6.45, 7) is 0.0116. The van der Waals surface area contributed by atoms with Gasteiger partial charge in [0.1, 0.15) is 0 Å². The Morgan fingerprint density at radius 1 is 1.08 bits per heavy atom. The molecule has 0 aliphatic heterocycles. The molecule has 0 radical (unpaired) electrons. The van der Waals surface area contributed by atoms with Crippen LogP contribution in [0.3, 0.4) is 0 Å². The molecule has 4 N–H and O–H groups in total. The molecule has 7 nitrogen and oxygen atoms in total. The van der Waals surface area contributed by atoms with Gasteiger partial charge in [-0.25, -0.2) is 4.98 Å². The summed E-state index contributed by atoms with van der Waals surface area (Å²) in [5.41, 5.74) is 8.54. The molecule has 0 fully saturated rings. The summed E-state index contributed by atoms with van der Waals surface area (Å²) in [5.74, 6) is 0.659. The van der Waals surface area contributed by atoms with Crippen LogP contribution in [0.25, 0.3) is 15.3 Å². The number of benzene rings is 2. The standard InChI is InChI=1S/C16H14N6OS/c17-14-20-15(18-11-7-5-10(9-23)6-8-11)21-22(14)16-19-12-3-1-2-4-13(12)24-16/h1-8,23H,9H2,(H3,17,18,20,21). The highest BCUT2D eigenvalue weighted by Gasteiger charge is 2.13. The van der Waals surface area contributed by atoms with Crippen LogP contribution in [-0.4, -0.2) is 24.9 Å². The SMILES string of the molecule is Nc1nc(Nc2ccc(CO)cc2)nn1-c1nc2ccccc2s1. The largest absolute Gasteiger partial charge is 0.392 e. The highest BCUT2D eigenvalue weighted by molar-refractivity contribution is 7.20. The number of hydrogen-bond acceptors (Lipinski definition) is 7. The second-order valence-electron chi connectivity index (χ2n) is 5.15. The maximum absolute atomic E-state index is 9.07. The molecule has 0 atom stereocenters. The highest BCUT2D eigenvalue weighted by atomic mass is 32.1. The van der Waals surface area contributed by atoms with E-state index in [2.05, 4.69) is 20.4 Å². The lowest BCUT2D eigenvalue weighted by Crippen LogP contribution is -2.01. The Balaban J connectivity index is 1.63. The fraction of sp³-hybridized carbons (Fsp3) is 0.0625. The molecular formula is C16H14N6OS. The minimum atomic E-state index is 0.0116. The molecule has 0 aliphatic carbocycles. The summed E-state index contributed by atoms with van der Waals surface area (Å²) in [6.07, 6.45) is 0. The number of para-hydroxylation sites is 1. The Bertz CT molecular complexity index is 958. The number of hydrogen-bond donors (Lipinski definition) is 3. The van der Waals surface area contributed by atoms with E-state index in [9.17, 15) is 0 Å². The van der Waals surface area contributed by atoms with E-state index < -0.39 is 0 Å². The van der Waals surface area contributed by atoms with E-state index in [1.165, 1.54) is 16.0 Å². The number of nitrogens with zero attached hydrogens (tertiary/aromatic N) is 4. The van der Waals surface area contributed by atoms with Crippen LogP contribution < -0.4 is 11.1 Å². The summed E-state index contributed by atoms with van der Waals surface area (Å²) in [6, 6.07) is 15.2. The first-order valence-corrected chi connectivity index (χ1v) is 8.10. The van der Waals surface area contributed by atoms with Crippen LogP contribution >= 0.6 is 11.3 Å². The van der Waals surface area contributed by atoms with Gasteiger partial charge in [0.05, 0.1) is 16.8 Å². The van der Waals surface area contributed by atoms with Crippen molar-refractivity contribution in [3.8, 4) is 5.13 Å². The predicted octanol–water partition coefficient (Wildman–Crippen LogP) is 2.70. The van der Waals surface area contributed by atoms with Gasteiger partial charge in [-0.1, -0.05) is 35.6 Å². The van der Waals surface area contributed by atoms with Crippen LogP contribution in [0.5, 0.6) is 0 Å². The summed E-state index contributed by atoms with van der Waals surface area (Å²) in [4.78, 5) is 8.76. The number of anilines is 3. The van der Waals surface area contributed by atoms with Crippen molar-refractivity contribution in [1.82, 2.24) is 19.7 Å². The first-order valence-electron chi connectivity index (χ1n) is 7.28. The van der Waals surface area contributed by atoms with Gasteiger partial charge >= 0.3 is 0 Å². The van der Waals surface area contributed by atoms with Gasteiger partial charge in [0, 0.05) is 5.69 Å². The average molecular weight is 338 g/mol. The van der Waals surface area contributed by atoms with Gasteiger partial charge in [0.25, 0.3) is 0 Å². The Morgan fingerprint density at radius 2 is 1.88 bits per heavy atom. The Kier molecular flexibility index (Phi) is 3.60. The van der Waals surface area contributed by atoms with Gasteiger partial charge in [-0.15, -0.1) is 5.10 Å². The molecule has 0 saturated heterocycles. The van der Waals surface area contributed by atoms with Crippen molar-refractivity contribution >= 4 is 39.1 Å². The topological polar surface area (TPSA) is 102 Å². The van der Waals surface area contributed by atoms with E-state index in [1.54, 1.807) is 0 Å². The summed E-state index contributed by atoms with van der Waals surface area (Å²) in [5, 5.41) is 17.2. The molecule has 24 heavy (non-hydrogen) atoms. The zero-order valence-electron chi connectivity index (χ0n) is 12.5. The Labute approximate surface area is 141 Å². The van der Waals surface area contributed by atoms with Gasteiger partial charge < -0.3 is 16.2 Å². The summed E-state index contributed by atoms with van der Waals surface area (Å²) in [7, 11) is 0. The third-order valence-corrected chi connectivity index (χ3v) is 4.50. The molecule has 0 saturated carbocycles. The predicted molar refractivity (Wildman–Crippen MR) is 94.6 cm³/mol. The van der Waals surface area contributed by atoms with Gasteiger partial charge in [-0.05, 0) is 29.8 Å². The van der Waals surface area contributed by atoms with Crippen molar-refractivity contribution < 1.29 is 5.11 Å². The zero-order valence-corrected chi connectivity index (χ0v) is 13.4. The number of nitrogens with one attached hydrogen (secondary N) is 1. The van der Waals surface area contributed by atoms with Crippen molar-refractivity contribution in [1.29, 1.82) is 0 Å². The molecule has 4 rings (SSSR count). The van der Waals surface area contributed by atoms with E-state index >= 15 is 0 Å². The number of thiazole rings is 1. The minimum Gasteiger partial charge on any atom is -0.392 e. The molecule has 0 aliphatic rings. The first-order chi connectivity index (χ1) is 11.7. The molecule has 2 heterocycles. The first kappa shape index (κ1) is 14.6. The lowest BCUT2D eigenvalue weighted by atomic mass is 10.2.